The Hall–Kier alpha value is -4.87. The van der Waals surface area contributed by atoms with E-state index in [1.165, 1.54) is 17.0 Å². The fourth-order valence-corrected chi connectivity index (χ4v) is 5.70. The number of nitrogens with zero attached hydrogens (tertiary/aromatic N) is 4. The van der Waals surface area contributed by atoms with Crippen molar-refractivity contribution in [2.75, 3.05) is 29.9 Å². The van der Waals surface area contributed by atoms with Gasteiger partial charge in [-0.1, -0.05) is 66.7 Å². The topological polar surface area (TPSA) is 94.6 Å². The fraction of sp³-hybridized carbons (Fsp3) is 0.290. The Bertz CT molecular complexity index is 1570. The van der Waals surface area contributed by atoms with Crippen molar-refractivity contribution in [2.24, 2.45) is 4.99 Å². The SMILES string of the molecule is O=C(OC1N=C(c2ccccc2)c2ccccc2N(CC(F)(F)F)C1=O)N1CCC(N2Cc3ccccc3NC2=O)CC1. The van der Waals surface area contributed by atoms with Gasteiger partial charge >= 0.3 is 18.3 Å². The molecule has 3 aliphatic heterocycles. The van der Waals surface area contributed by atoms with Crippen LogP contribution < -0.4 is 10.2 Å². The monoisotopic (exact) mass is 591 g/mol. The molecule has 0 spiro atoms. The van der Waals surface area contributed by atoms with Gasteiger partial charge in [-0.25, -0.2) is 14.6 Å². The van der Waals surface area contributed by atoms with E-state index in [4.69, 9.17) is 4.74 Å². The third kappa shape index (κ3) is 5.90. The molecular weight excluding hydrogens is 563 g/mol. The number of alkyl halides is 3. The molecule has 3 aromatic rings. The van der Waals surface area contributed by atoms with Crippen LogP contribution in [0.3, 0.4) is 0 Å². The molecule has 1 N–H and O–H groups in total. The van der Waals surface area contributed by atoms with Gasteiger partial charge in [0.2, 0.25) is 0 Å². The molecule has 3 aliphatic rings. The number of hydrogen-bond donors (Lipinski definition) is 1. The fourth-order valence-electron chi connectivity index (χ4n) is 5.70. The lowest BCUT2D eigenvalue weighted by Gasteiger charge is -2.40. The summed E-state index contributed by atoms with van der Waals surface area (Å²) in [6.45, 7) is -0.656. The van der Waals surface area contributed by atoms with Crippen molar-refractivity contribution in [3.05, 3.63) is 95.6 Å². The number of likely N-dealkylation sites (tertiary alicyclic amines) is 1. The molecule has 3 heterocycles. The van der Waals surface area contributed by atoms with E-state index in [2.05, 4.69) is 10.3 Å². The molecule has 9 nitrogen and oxygen atoms in total. The number of benzene rings is 3. The van der Waals surface area contributed by atoms with Crippen LogP contribution in [0.25, 0.3) is 0 Å². The van der Waals surface area contributed by atoms with Crippen LogP contribution in [0.15, 0.2) is 83.9 Å². The summed E-state index contributed by atoms with van der Waals surface area (Å²) in [4.78, 5) is 47.7. The number of rotatable bonds is 4. The number of carbonyl (C=O) groups excluding carboxylic acids is 3. The molecular formula is C31H28F3N5O4. The van der Waals surface area contributed by atoms with Crippen molar-refractivity contribution in [1.29, 1.82) is 0 Å². The minimum Gasteiger partial charge on any atom is -0.414 e. The van der Waals surface area contributed by atoms with Crippen molar-refractivity contribution >= 4 is 35.1 Å². The van der Waals surface area contributed by atoms with E-state index >= 15 is 0 Å². The number of piperidine rings is 1. The third-order valence-corrected chi connectivity index (χ3v) is 7.79. The van der Waals surface area contributed by atoms with Gasteiger partial charge in [-0.2, -0.15) is 13.2 Å². The highest BCUT2D eigenvalue weighted by Crippen LogP contribution is 2.32. The number of halogens is 3. The average molecular weight is 592 g/mol. The number of urea groups is 1. The Balaban J connectivity index is 1.21. The summed E-state index contributed by atoms with van der Waals surface area (Å²) in [5, 5.41) is 2.90. The Morgan fingerprint density at radius 3 is 2.35 bits per heavy atom. The lowest BCUT2D eigenvalue weighted by Crippen LogP contribution is -2.52. The van der Waals surface area contributed by atoms with Crippen LogP contribution in [0.5, 0.6) is 0 Å². The van der Waals surface area contributed by atoms with Crippen LogP contribution in [-0.4, -0.2) is 71.6 Å². The van der Waals surface area contributed by atoms with Crippen LogP contribution >= 0.6 is 0 Å². The highest BCUT2D eigenvalue weighted by molar-refractivity contribution is 6.20. The summed E-state index contributed by atoms with van der Waals surface area (Å²) in [7, 11) is 0. The van der Waals surface area contributed by atoms with Crippen molar-refractivity contribution < 1.29 is 32.3 Å². The molecule has 0 radical (unpaired) electrons. The first-order valence-corrected chi connectivity index (χ1v) is 13.9. The predicted molar refractivity (Wildman–Crippen MR) is 153 cm³/mol. The number of fused-ring (bicyclic) bond motifs is 2. The van der Waals surface area contributed by atoms with Crippen LogP contribution in [0.1, 0.15) is 29.5 Å². The van der Waals surface area contributed by atoms with Gasteiger partial charge in [0.1, 0.15) is 6.54 Å². The molecule has 222 valence electrons. The van der Waals surface area contributed by atoms with Crippen LogP contribution in [0, 0.1) is 0 Å². The minimum absolute atomic E-state index is 0.0215. The molecule has 1 fully saturated rings. The van der Waals surface area contributed by atoms with Crippen LogP contribution in [0.2, 0.25) is 0 Å². The third-order valence-electron chi connectivity index (χ3n) is 7.79. The van der Waals surface area contributed by atoms with Crippen molar-refractivity contribution in [1.82, 2.24) is 9.80 Å². The minimum atomic E-state index is -4.71. The van der Waals surface area contributed by atoms with Crippen LogP contribution in [-0.2, 0) is 16.1 Å². The molecule has 3 aromatic carbocycles. The summed E-state index contributed by atoms with van der Waals surface area (Å²) in [6, 6.07) is 22.1. The Morgan fingerprint density at radius 1 is 0.930 bits per heavy atom. The van der Waals surface area contributed by atoms with Gasteiger partial charge in [0.15, 0.2) is 0 Å². The summed E-state index contributed by atoms with van der Waals surface area (Å²) in [6.07, 6.45) is -6.47. The molecule has 0 aliphatic carbocycles. The summed E-state index contributed by atoms with van der Waals surface area (Å²) in [5.74, 6) is -1.09. The van der Waals surface area contributed by atoms with E-state index < -0.39 is 30.9 Å². The first-order chi connectivity index (χ1) is 20.7. The van der Waals surface area contributed by atoms with Gasteiger partial charge in [0.25, 0.3) is 12.1 Å². The number of carbonyl (C=O) groups is 3. The lowest BCUT2D eigenvalue weighted by atomic mass is 10.0. The molecule has 1 unspecified atom stereocenters. The molecule has 1 saturated heterocycles. The largest absolute Gasteiger partial charge is 0.414 e. The highest BCUT2D eigenvalue weighted by Gasteiger charge is 2.42. The van der Waals surface area contributed by atoms with Gasteiger partial charge in [-0.15, -0.1) is 0 Å². The number of nitrogens with one attached hydrogen (secondary N) is 1. The molecule has 0 saturated carbocycles. The molecule has 1 atom stereocenters. The standard InChI is InChI=1S/C31H28F3N5O4/c32-31(33,34)19-39-25-13-7-5-11-23(25)26(20-8-2-1-3-9-20)36-27(28(39)40)43-30(42)37-16-14-22(15-17-37)38-18-21-10-4-6-12-24(21)35-29(38)41/h1-13,22,27H,14-19H2,(H,35,41). The molecule has 0 aromatic heterocycles. The number of amides is 4. The van der Waals surface area contributed by atoms with Crippen molar-refractivity contribution in [3.8, 4) is 0 Å². The summed E-state index contributed by atoms with van der Waals surface area (Å²) < 4.78 is 46.5. The Morgan fingerprint density at radius 2 is 1.60 bits per heavy atom. The number of aliphatic imine (C=N–C) groups is 1. The van der Waals surface area contributed by atoms with E-state index in [1.807, 2.05) is 24.3 Å². The maximum absolute atomic E-state index is 13.7. The quantitative estimate of drug-likeness (QED) is 0.439. The first kappa shape index (κ1) is 28.3. The zero-order valence-corrected chi connectivity index (χ0v) is 23.0. The van der Waals surface area contributed by atoms with Gasteiger partial charge in [-0.05, 0) is 30.5 Å². The number of para-hydroxylation sites is 2. The zero-order chi connectivity index (χ0) is 30.1. The van der Waals surface area contributed by atoms with Crippen molar-refractivity contribution in [3.63, 3.8) is 0 Å². The zero-order valence-electron chi connectivity index (χ0n) is 23.0. The normalized spacial score (nSPS) is 19.2. The second-order valence-electron chi connectivity index (χ2n) is 10.6. The van der Waals surface area contributed by atoms with E-state index in [1.54, 1.807) is 47.4 Å². The maximum Gasteiger partial charge on any atom is 0.412 e. The van der Waals surface area contributed by atoms with Crippen molar-refractivity contribution in [2.45, 2.75) is 37.8 Å². The van der Waals surface area contributed by atoms with E-state index in [0.717, 1.165) is 11.3 Å². The number of hydrogen-bond acceptors (Lipinski definition) is 5. The molecule has 43 heavy (non-hydrogen) atoms. The second kappa shape index (κ2) is 11.4. The van der Waals surface area contributed by atoms with Crippen LogP contribution in [0.4, 0.5) is 34.1 Å². The molecule has 12 heteroatoms. The molecule has 4 amide bonds. The maximum atomic E-state index is 13.7. The van der Waals surface area contributed by atoms with Gasteiger partial charge < -0.3 is 19.9 Å². The van der Waals surface area contributed by atoms with Gasteiger partial charge in [0.05, 0.1) is 11.4 Å². The number of benzodiazepines with no additional fused rings is 1. The molecule has 0 bridgehead atoms. The van der Waals surface area contributed by atoms with E-state index in [0.29, 0.717) is 35.4 Å². The second-order valence-corrected chi connectivity index (χ2v) is 10.6. The highest BCUT2D eigenvalue weighted by atomic mass is 19.4. The summed E-state index contributed by atoms with van der Waals surface area (Å²) >= 11 is 0. The van der Waals surface area contributed by atoms with Gasteiger partial charge in [0, 0.05) is 42.5 Å². The van der Waals surface area contributed by atoms with E-state index in [9.17, 15) is 27.6 Å². The van der Waals surface area contributed by atoms with E-state index in [-0.39, 0.29) is 36.6 Å². The molecule has 6 rings (SSSR count). The number of ether oxygens (including phenoxy) is 1. The smallest absolute Gasteiger partial charge is 0.412 e. The summed E-state index contributed by atoms with van der Waals surface area (Å²) in [5.41, 5.74) is 2.89. The Kier molecular flexibility index (Phi) is 7.51. The average Bonchev–Trinajstić information content (AvgIpc) is 3.11. The lowest BCUT2D eigenvalue weighted by molar-refractivity contribution is -0.137. The first-order valence-electron chi connectivity index (χ1n) is 13.9. The predicted octanol–water partition coefficient (Wildman–Crippen LogP) is 5.41. The van der Waals surface area contributed by atoms with Gasteiger partial charge in [-0.3, -0.25) is 9.69 Å². The number of anilines is 2. The Labute approximate surface area is 245 Å².